The van der Waals surface area contributed by atoms with Gasteiger partial charge in [0, 0.05) is 18.2 Å². The van der Waals surface area contributed by atoms with E-state index in [0.717, 1.165) is 5.56 Å². The largest absolute Gasteiger partial charge is 0.467 e. The summed E-state index contributed by atoms with van der Waals surface area (Å²) in [5, 5.41) is 5.41. The molecule has 7 nitrogen and oxygen atoms in total. The van der Waals surface area contributed by atoms with Gasteiger partial charge in [-0.1, -0.05) is 54.6 Å². The fraction of sp³-hybridized carbons (Fsp3) is 0.167. The van der Waals surface area contributed by atoms with E-state index in [0.29, 0.717) is 11.3 Å². The van der Waals surface area contributed by atoms with Crippen molar-refractivity contribution in [1.82, 2.24) is 15.6 Å². The third-order valence-electron chi connectivity index (χ3n) is 4.64. The smallest absolute Gasteiger partial charge is 0.328 e. The summed E-state index contributed by atoms with van der Waals surface area (Å²) in [5.41, 5.74) is 1.62. The fourth-order valence-electron chi connectivity index (χ4n) is 3.06. The van der Waals surface area contributed by atoms with Gasteiger partial charge in [-0.05, 0) is 29.8 Å². The third-order valence-corrected chi connectivity index (χ3v) is 4.64. The highest BCUT2D eigenvalue weighted by Gasteiger charge is 2.29. The van der Waals surface area contributed by atoms with Gasteiger partial charge in [0.05, 0.1) is 12.8 Å². The van der Waals surface area contributed by atoms with E-state index in [-0.39, 0.29) is 6.42 Å². The Bertz CT molecular complexity index is 1010. The maximum Gasteiger partial charge on any atom is 0.328 e. The van der Waals surface area contributed by atoms with Crippen molar-refractivity contribution in [1.29, 1.82) is 0 Å². The van der Waals surface area contributed by atoms with Crippen LogP contribution in [0.4, 0.5) is 0 Å². The van der Waals surface area contributed by atoms with Gasteiger partial charge >= 0.3 is 5.97 Å². The number of hydrogen-bond acceptors (Lipinski definition) is 5. The first-order valence-electron chi connectivity index (χ1n) is 9.77. The molecular weight excluding hydrogens is 394 g/mol. The van der Waals surface area contributed by atoms with E-state index in [9.17, 15) is 14.4 Å². The van der Waals surface area contributed by atoms with Crippen LogP contribution in [-0.2, 0) is 20.7 Å². The fourth-order valence-corrected chi connectivity index (χ4v) is 3.06. The molecule has 0 radical (unpaired) electrons. The lowest BCUT2D eigenvalue weighted by molar-refractivity contribution is -0.145. The number of nitrogens with one attached hydrogen (secondary N) is 2. The second kappa shape index (κ2) is 10.7. The summed E-state index contributed by atoms with van der Waals surface area (Å²) in [6, 6.07) is 20.9. The zero-order valence-corrected chi connectivity index (χ0v) is 17.0. The van der Waals surface area contributed by atoms with Crippen molar-refractivity contribution in [3.8, 4) is 0 Å². The number of amides is 2. The van der Waals surface area contributed by atoms with Gasteiger partial charge in [-0.3, -0.25) is 14.6 Å². The van der Waals surface area contributed by atoms with Crippen LogP contribution in [-0.4, -0.2) is 35.9 Å². The van der Waals surface area contributed by atoms with Gasteiger partial charge < -0.3 is 15.4 Å². The van der Waals surface area contributed by atoms with E-state index in [2.05, 4.69) is 15.6 Å². The van der Waals surface area contributed by atoms with Gasteiger partial charge in [0.1, 0.15) is 6.04 Å². The van der Waals surface area contributed by atoms with Crippen LogP contribution in [0.3, 0.4) is 0 Å². The van der Waals surface area contributed by atoms with E-state index in [1.807, 2.05) is 30.3 Å². The van der Waals surface area contributed by atoms with Crippen molar-refractivity contribution < 1.29 is 19.1 Å². The number of rotatable bonds is 8. The van der Waals surface area contributed by atoms with Crippen molar-refractivity contribution in [2.75, 3.05) is 7.11 Å². The number of benzene rings is 2. The lowest BCUT2D eigenvalue weighted by Crippen LogP contribution is -2.48. The molecule has 31 heavy (non-hydrogen) atoms. The second-order valence-corrected chi connectivity index (χ2v) is 6.80. The average molecular weight is 417 g/mol. The molecule has 0 saturated carbocycles. The van der Waals surface area contributed by atoms with E-state index in [4.69, 9.17) is 4.74 Å². The van der Waals surface area contributed by atoms with Crippen molar-refractivity contribution >= 4 is 17.8 Å². The van der Waals surface area contributed by atoms with Crippen LogP contribution in [0.2, 0.25) is 0 Å². The van der Waals surface area contributed by atoms with Crippen molar-refractivity contribution in [3.63, 3.8) is 0 Å². The van der Waals surface area contributed by atoms with Gasteiger partial charge in [-0.15, -0.1) is 0 Å². The standard InChI is InChI=1S/C24H23N3O4/c1-31-24(30)20(16-17-10-4-2-5-11-17)26-23(29)21(19-14-8-9-15-25-19)27-22(28)18-12-6-3-7-13-18/h2-15,20-21H,16H2,1H3,(H,26,29)(H,27,28)/t20-,21-/m0/s1. The van der Waals surface area contributed by atoms with Crippen LogP contribution in [0, 0.1) is 0 Å². The average Bonchev–Trinajstić information content (AvgIpc) is 2.83. The quantitative estimate of drug-likeness (QED) is 0.549. The van der Waals surface area contributed by atoms with Crippen LogP contribution >= 0.6 is 0 Å². The Kier molecular flexibility index (Phi) is 7.48. The molecule has 0 saturated heterocycles. The predicted octanol–water partition coefficient (Wildman–Crippen LogP) is 2.45. The Balaban J connectivity index is 1.82. The molecule has 0 aliphatic rings. The van der Waals surface area contributed by atoms with Crippen LogP contribution in [0.15, 0.2) is 85.1 Å². The lowest BCUT2D eigenvalue weighted by Gasteiger charge is -2.22. The summed E-state index contributed by atoms with van der Waals surface area (Å²) in [7, 11) is 1.26. The van der Waals surface area contributed by atoms with Crippen molar-refractivity contribution in [3.05, 3.63) is 102 Å². The van der Waals surface area contributed by atoms with Crippen molar-refractivity contribution in [2.24, 2.45) is 0 Å². The Morgan fingerprint density at radius 2 is 1.52 bits per heavy atom. The predicted molar refractivity (Wildman–Crippen MR) is 115 cm³/mol. The Hall–Kier alpha value is -4.00. The monoisotopic (exact) mass is 417 g/mol. The normalized spacial score (nSPS) is 12.3. The lowest BCUT2D eigenvalue weighted by atomic mass is 10.0. The number of aromatic nitrogens is 1. The maximum absolute atomic E-state index is 13.2. The van der Waals surface area contributed by atoms with Crippen LogP contribution in [0.1, 0.15) is 27.7 Å². The number of carbonyl (C=O) groups excluding carboxylic acids is 3. The molecule has 3 rings (SSSR count). The second-order valence-electron chi connectivity index (χ2n) is 6.80. The molecule has 158 valence electrons. The number of methoxy groups -OCH3 is 1. The van der Waals surface area contributed by atoms with Gasteiger partial charge in [-0.2, -0.15) is 0 Å². The Labute approximate surface area is 180 Å². The first-order chi connectivity index (χ1) is 15.1. The molecule has 1 heterocycles. The highest BCUT2D eigenvalue weighted by molar-refractivity contribution is 5.98. The molecule has 0 unspecified atom stereocenters. The van der Waals surface area contributed by atoms with E-state index in [1.165, 1.54) is 13.3 Å². The van der Waals surface area contributed by atoms with E-state index in [1.54, 1.807) is 48.5 Å². The van der Waals surface area contributed by atoms with Gasteiger partial charge in [-0.25, -0.2) is 4.79 Å². The zero-order valence-electron chi connectivity index (χ0n) is 17.0. The number of nitrogens with zero attached hydrogens (tertiary/aromatic N) is 1. The molecule has 0 aliphatic carbocycles. The number of carbonyl (C=O) groups is 3. The summed E-state index contributed by atoms with van der Waals surface area (Å²) < 4.78 is 4.86. The minimum atomic E-state index is -1.09. The molecule has 0 fully saturated rings. The van der Waals surface area contributed by atoms with Crippen molar-refractivity contribution in [2.45, 2.75) is 18.5 Å². The van der Waals surface area contributed by atoms with Gasteiger partial charge in [0.2, 0.25) is 5.91 Å². The molecule has 0 aliphatic heterocycles. The SMILES string of the molecule is COC(=O)[C@H](Cc1ccccc1)NC(=O)[C@@H](NC(=O)c1ccccc1)c1ccccn1. The Morgan fingerprint density at radius 1 is 0.871 bits per heavy atom. The summed E-state index contributed by atoms with van der Waals surface area (Å²) in [4.78, 5) is 42.4. The third kappa shape index (κ3) is 5.99. The first kappa shape index (κ1) is 21.7. The van der Waals surface area contributed by atoms with Gasteiger partial charge in [0.25, 0.3) is 5.91 Å². The molecule has 2 N–H and O–H groups in total. The first-order valence-corrected chi connectivity index (χ1v) is 9.77. The summed E-state index contributed by atoms with van der Waals surface area (Å²) >= 11 is 0. The zero-order chi connectivity index (χ0) is 22.1. The van der Waals surface area contributed by atoms with E-state index >= 15 is 0 Å². The highest BCUT2D eigenvalue weighted by Crippen LogP contribution is 2.13. The molecule has 3 aromatic rings. The molecule has 0 spiro atoms. The molecule has 2 amide bonds. The molecule has 2 aromatic carbocycles. The molecular formula is C24H23N3O4. The summed E-state index contributed by atoms with van der Waals surface area (Å²) in [6.07, 6.45) is 1.78. The minimum absolute atomic E-state index is 0.251. The van der Waals surface area contributed by atoms with E-state index < -0.39 is 29.9 Å². The minimum Gasteiger partial charge on any atom is -0.467 e. The Morgan fingerprint density at radius 3 is 2.13 bits per heavy atom. The van der Waals surface area contributed by atoms with Crippen LogP contribution < -0.4 is 10.6 Å². The molecule has 0 bridgehead atoms. The number of pyridine rings is 1. The van der Waals surface area contributed by atoms with Crippen LogP contribution in [0.5, 0.6) is 0 Å². The molecule has 1 aromatic heterocycles. The number of hydrogen-bond donors (Lipinski definition) is 2. The van der Waals surface area contributed by atoms with Gasteiger partial charge in [0.15, 0.2) is 6.04 Å². The summed E-state index contributed by atoms with van der Waals surface area (Å²) in [5.74, 6) is -1.57. The van der Waals surface area contributed by atoms with Crippen LogP contribution in [0.25, 0.3) is 0 Å². The number of ether oxygens (including phenoxy) is 1. The number of esters is 1. The molecule has 7 heteroatoms. The highest BCUT2D eigenvalue weighted by atomic mass is 16.5. The maximum atomic E-state index is 13.2. The molecule has 2 atom stereocenters. The summed E-state index contributed by atoms with van der Waals surface area (Å²) in [6.45, 7) is 0. The topological polar surface area (TPSA) is 97.4 Å².